The fourth-order valence-corrected chi connectivity index (χ4v) is 3.51. The van der Waals surface area contributed by atoms with Gasteiger partial charge in [-0.2, -0.15) is 0 Å². The lowest BCUT2D eigenvalue weighted by Gasteiger charge is -2.05. The average molecular weight is 295 g/mol. The number of halogens is 1. The highest BCUT2D eigenvalue weighted by molar-refractivity contribution is 5.85. The molecule has 2 saturated carbocycles. The smallest absolute Gasteiger partial charge is 0.223 e. The van der Waals surface area contributed by atoms with Crippen LogP contribution >= 0.6 is 12.4 Å². The van der Waals surface area contributed by atoms with Gasteiger partial charge in [0, 0.05) is 18.2 Å². The van der Waals surface area contributed by atoms with Crippen LogP contribution < -0.4 is 11.1 Å². The molecule has 110 valence electrons. The highest BCUT2D eigenvalue weighted by Gasteiger charge is 2.54. The number of carbonyl (C=O) groups excluding carboxylic acids is 1. The van der Waals surface area contributed by atoms with Crippen molar-refractivity contribution in [1.29, 1.82) is 0 Å². The minimum Gasteiger partial charge on any atom is -0.399 e. The second kappa shape index (κ2) is 6.49. The molecule has 2 atom stereocenters. The van der Waals surface area contributed by atoms with E-state index in [0.717, 1.165) is 18.7 Å². The highest BCUT2D eigenvalue weighted by Crippen LogP contribution is 2.55. The van der Waals surface area contributed by atoms with Gasteiger partial charge in [-0.3, -0.25) is 4.79 Å². The number of hydrogen-bond donors (Lipinski definition) is 2. The molecule has 0 aliphatic heterocycles. The Morgan fingerprint density at radius 1 is 1.15 bits per heavy atom. The van der Waals surface area contributed by atoms with Crippen molar-refractivity contribution in [3.8, 4) is 0 Å². The van der Waals surface area contributed by atoms with Gasteiger partial charge in [-0.1, -0.05) is 25.0 Å². The molecule has 0 spiro atoms. The number of carbonyl (C=O) groups is 1. The van der Waals surface area contributed by atoms with Crippen LogP contribution in [0.5, 0.6) is 0 Å². The summed E-state index contributed by atoms with van der Waals surface area (Å²) < 4.78 is 0. The van der Waals surface area contributed by atoms with Crippen molar-refractivity contribution in [3.05, 3.63) is 29.8 Å². The molecule has 0 aromatic heterocycles. The van der Waals surface area contributed by atoms with Crippen LogP contribution in [-0.4, -0.2) is 12.5 Å². The molecule has 2 aliphatic carbocycles. The van der Waals surface area contributed by atoms with Gasteiger partial charge in [0.15, 0.2) is 0 Å². The highest BCUT2D eigenvalue weighted by atomic mass is 35.5. The number of amides is 1. The maximum absolute atomic E-state index is 12.1. The van der Waals surface area contributed by atoms with Crippen molar-refractivity contribution >= 4 is 24.0 Å². The number of fused-ring (bicyclic) bond motifs is 1. The van der Waals surface area contributed by atoms with Crippen molar-refractivity contribution in [1.82, 2.24) is 5.32 Å². The zero-order valence-corrected chi connectivity index (χ0v) is 12.5. The fourth-order valence-electron chi connectivity index (χ4n) is 3.51. The molecule has 0 radical (unpaired) electrons. The summed E-state index contributed by atoms with van der Waals surface area (Å²) >= 11 is 0. The van der Waals surface area contributed by atoms with E-state index in [0.29, 0.717) is 17.8 Å². The maximum Gasteiger partial charge on any atom is 0.223 e. The van der Waals surface area contributed by atoms with Gasteiger partial charge >= 0.3 is 0 Å². The first kappa shape index (κ1) is 15.2. The molecule has 1 aromatic rings. The van der Waals surface area contributed by atoms with E-state index >= 15 is 0 Å². The van der Waals surface area contributed by atoms with Gasteiger partial charge < -0.3 is 11.1 Å². The zero-order chi connectivity index (χ0) is 13.2. The normalized spacial score (nSPS) is 27.1. The van der Waals surface area contributed by atoms with E-state index in [4.69, 9.17) is 5.73 Å². The quantitative estimate of drug-likeness (QED) is 0.839. The van der Waals surface area contributed by atoms with Crippen LogP contribution in [0.15, 0.2) is 24.3 Å². The molecule has 0 saturated heterocycles. The number of rotatable bonds is 4. The lowest BCUT2D eigenvalue weighted by atomic mass is 10.0. The first-order valence-corrected chi connectivity index (χ1v) is 7.38. The third-order valence-corrected chi connectivity index (χ3v) is 4.65. The Labute approximate surface area is 126 Å². The van der Waals surface area contributed by atoms with Crippen LogP contribution in [0.25, 0.3) is 0 Å². The van der Waals surface area contributed by atoms with E-state index < -0.39 is 0 Å². The molecule has 2 fully saturated rings. The number of benzene rings is 1. The Kier molecular flexibility index (Phi) is 4.92. The Bertz CT molecular complexity index is 448. The predicted molar refractivity (Wildman–Crippen MR) is 83.8 cm³/mol. The largest absolute Gasteiger partial charge is 0.399 e. The fraction of sp³-hybridized carbons (Fsp3) is 0.562. The summed E-state index contributed by atoms with van der Waals surface area (Å²) in [6.45, 7) is 0.735. The zero-order valence-electron chi connectivity index (χ0n) is 11.7. The molecule has 0 bridgehead atoms. The molecule has 3 N–H and O–H groups in total. The summed E-state index contributed by atoms with van der Waals surface area (Å²) in [6, 6.07) is 7.87. The van der Waals surface area contributed by atoms with Gasteiger partial charge in [-0.15, -0.1) is 12.4 Å². The second-order valence-corrected chi connectivity index (χ2v) is 5.92. The third kappa shape index (κ3) is 3.26. The number of anilines is 1. The minimum absolute atomic E-state index is 0. The molecule has 0 heterocycles. The average Bonchev–Trinajstić information content (AvgIpc) is 3.15. The van der Waals surface area contributed by atoms with E-state index in [1.807, 2.05) is 24.3 Å². The van der Waals surface area contributed by atoms with E-state index in [1.54, 1.807) is 0 Å². The topological polar surface area (TPSA) is 55.1 Å². The Morgan fingerprint density at radius 2 is 1.75 bits per heavy atom. The number of nitrogens with one attached hydrogen (secondary N) is 1. The van der Waals surface area contributed by atoms with Gasteiger partial charge in [0.25, 0.3) is 0 Å². The molecule has 20 heavy (non-hydrogen) atoms. The van der Waals surface area contributed by atoms with Gasteiger partial charge in [0.2, 0.25) is 5.91 Å². The van der Waals surface area contributed by atoms with Crippen molar-refractivity contribution < 1.29 is 4.79 Å². The van der Waals surface area contributed by atoms with Crippen LogP contribution in [-0.2, 0) is 11.2 Å². The Balaban J connectivity index is 0.00000147. The summed E-state index contributed by atoms with van der Waals surface area (Å²) in [7, 11) is 0. The molecule has 4 heteroatoms. The Morgan fingerprint density at radius 3 is 2.35 bits per heavy atom. The lowest BCUT2D eigenvalue weighted by Crippen LogP contribution is -2.28. The number of nitrogen functional groups attached to an aromatic ring is 1. The molecule has 1 aromatic carbocycles. The second-order valence-electron chi connectivity index (χ2n) is 5.92. The van der Waals surface area contributed by atoms with E-state index in [2.05, 4.69) is 5.32 Å². The molecule has 3 nitrogen and oxygen atoms in total. The molecular weight excluding hydrogens is 272 g/mol. The first-order chi connectivity index (χ1) is 9.25. The minimum atomic E-state index is 0. The third-order valence-electron chi connectivity index (χ3n) is 4.65. The Hall–Kier alpha value is -1.22. The van der Waals surface area contributed by atoms with E-state index in [9.17, 15) is 4.79 Å². The van der Waals surface area contributed by atoms with Crippen molar-refractivity contribution in [2.45, 2.75) is 32.1 Å². The van der Waals surface area contributed by atoms with Crippen LogP contribution in [0.1, 0.15) is 31.2 Å². The lowest BCUT2D eigenvalue weighted by molar-refractivity contribution is -0.122. The first-order valence-electron chi connectivity index (χ1n) is 7.38. The molecular formula is C16H23ClN2O. The van der Waals surface area contributed by atoms with Crippen LogP contribution in [0, 0.1) is 17.8 Å². The van der Waals surface area contributed by atoms with Gasteiger partial charge in [0.05, 0.1) is 0 Å². The van der Waals surface area contributed by atoms with Crippen LogP contribution in [0.3, 0.4) is 0 Å². The summed E-state index contributed by atoms with van der Waals surface area (Å²) in [6.07, 6.45) is 6.04. The van der Waals surface area contributed by atoms with Crippen molar-refractivity contribution in [2.75, 3.05) is 12.3 Å². The van der Waals surface area contributed by atoms with E-state index in [1.165, 1.54) is 31.2 Å². The van der Waals surface area contributed by atoms with Crippen molar-refractivity contribution in [2.24, 2.45) is 17.8 Å². The summed E-state index contributed by atoms with van der Waals surface area (Å²) in [5.41, 5.74) is 7.66. The van der Waals surface area contributed by atoms with Gasteiger partial charge in [-0.25, -0.2) is 0 Å². The summed E-state index contributed by atoms with van der Waals surface area (Å²) in [5.74, 6) is 2.01. The van der Waals surface area contributed by atoms with E-state index in [-0.39, 0.29) is 18.3 Å². The monoisotopic (exact) mass is 294 g/mol. The standard InChI is InChI=1S/C16H22N2O.ClH/c17-12-7-5-11(6-8-12)9-10-18-16(19)15-13-3-1-2-4-14(13)15;/h5-8,13-15H,1-4,9-10,17H2,(H,18,19);1H. The summed E-state index contributed by atoms with van der Waals surface area (Å²) in [4.78, 5) is 12.1. The van der Waals surface area contributed by atoms with Gasteiger partial charge in [-0.05, 0) is 48.8 Å². The molecule has 2 unspecified atom stereocenters. The van der Waals surface area contributed by atoms with Gasteiger partial charge in [0.1, 0.15) is 0 Å². The van der Waals surface area contributed by atoms with Crippen LogP contribution in [0.2, 0.25) is 0 Å². The maximum atomic E-state index is 12.1. The summed E-state index contributed by atoms with van der Waals surface area (Å²) in [5, 5.41) is 3.09. The van der Waals surface area contributed by atoms with Crippen molar-refractivity contribution in [3.63, 3.8) is 0 Å². The SMILES string of the molecule is Cl.Nc1ccc(CCNC(=O)C2C3CCCCC32)cc1. The van der Waals surface area contributed by atoms with Crippen LogP contribution in [0.4, 0.5) is 5.69 Å². The number of hydrogen-bond acceptors (Lipinski definition) is 2. The predicted octanol–water partition coefficient (Wildman–Crippen LogP) is 2.79. The molecule has 3 rings (SSSR count). The molecule has 1 amide bonds. The number of nitrogens with two attached hydrogens (primary N) is 1. The molecule has 2 aliphatic rings.